The maximum Gasteiger partial charge on any atom is 0.416 e. The molecule has 1 amide bonds. The highest BCUT2D eigenvalue weighted by atomic mass is 19.4. The zero-order valence-electron chi connectivity index (χ0n) is 11.2. The molecule has 20 heavy (non-hydrogen) atoms. The zero-order valence-corrected chi connectivity index (χ0v) is 11.2. The second kappa shape index (κ2) is 5.94. The van der Waals surface area contributed by atoms with Gasteiger partial charge in [-0.05, 0) is 31.2 Å². The predicted octanol–water partition coefficient (Wildman–Crippen LogP) is 2.62. The number of carbonyl (C=O) groups excluding carboxylic acids is 2. The molecule has 0 heterocycles. The van der Waals surface area contributed by atoms with E-state index >= 15 is 0 Å². The lowest BCUT2D eigenvalue weighted by Gasteiger charge is -2.26. The molecule has 0 saturated heterocycles. The summed E-state index contributed by atoms with van der Waals surface area (Å²) in [7, 11) is 1.17. The summed E-state index contributed by atoms with van der Waals surface area (Å²) >= 11 is 0. The van der Waals surface area contributed by atoms with E-state index in [1.807, 2.05) is 0 Å². The molecule has 0 bridgehead atoms. The molecule has 1 atom stereocenters. The van der Waals surface area contributed by atoms with E-state index in [1.54, 1.807) is 0 Å². The van der Waals surface area contributed by atoms with Gasteiger partial charge in [0.2, 0.25) is 5.91 Å². The van der Waals surface area contributed by atoms with Gasteiger partial charge < -0.3 is 4.74 Å². The smallest absolute Gasteiger partial charge is 0.416 e. The van der Waals surface area contributed by atoms with Crippen LogP contribution < -0.4 is 4.90 Å². The molecule has 0 radical (unpaired) electrons. The first-order chi connectivity index (χ1) is 9.18. The van der Waals surface area contributed by atoms with Gasteiger partial charge >= 0.3 is 12.1 Å². The summed E-state index contributed by atoms with van der Waals surface area (Å²) in [5.41, 5.74) is -0.626. The summed E-state index contributed by atoms with van der Waals surface area (Å²) < 4.78 is 41.9. The topological polar surface area (TPSA) is 46.6 Å². The Morgan fingerprint density at radius 3 is 2.05 bits per heavy atom. The highest BCUT2D eigenvalue weighted by Crippen LogP contribution is 2.31. The number of amides is 1. The molecule has 0 unspecified atom stereocenters. The van der Waals surface area contributed by atoms with Crippen LogP contribution in [0.25, 0.3) is 0 Å². The molecular weight excluding hydrogens is 275 g/mol. The number of halogens is 3. The van der Waals surface area contributed by atoms with Crippen molar-refractivity contribution in [1.29, 1.82) is 0 Å². The first-order valence-electron chi connectivity index (χ1n) is 5.73. The summed E-state index contributed by atoms with van der Waals surface area (Å²) in [5, 5.41) is 0. The van der Waals surface area contributed by atoms with Gasteiger partial charge in [0.05, 0.1) is 12.7 Å². The Labute approximate surface area is 114 Å². The minimum Gasteiger partial charge on any atom is -0.467 e. The highest BCUT2D eigenvalue weighted by Gasteiger charge is 2.31. The van der Waals surface area contributed by atoms with Crippen LogP contribution >= 0.6 is 0 Å². The quantitative estimate of drug-likeness (QED) is 0.804. The van der Waals surface area contributed by atoms with Crippen molar-refractivity contribution in [2.45, 2.75) is 26.1 Å². The van der Waals surface area contributed by atoms with Crippen molar-refractivity contribution in [3.05, 3.63) is 29.8 Å². The minimum atomic E-state index is -4.45. The number of benzene rings is 1. The van der Waals surface area contributed by atoms with E-state index in [9.17, 15) is 22.8 Å². The number of esters is 1. The fraction of sp³-hybridized carbons (Fsp3) is 0.385. The molecule has 0 N–H and O–H groups in total. The van der Waals surface area contributed by atoms with Crippen molar-refractivity contribution in [3.8, 4) is 0 Å². The largest absolute Gasteiger partial charge is 0.467 e. The van der Waals surface area contributed by atoms with E-state index in [-0.39, 0.29) is 5.69 Å². The van der Waals surface area contributed by atoms with E-state index < -0.39 is 29.7 Å². The van der Waals surface area contributed by atoms with Gasteiger partial charge in [-0.2, -0.15) is 13.2 Å². The Hall–Kier alpha value is -2.05. The number of methoxy groups -OCH3 is 1. The Morgan fingerprint density at radius 1 is 1.20 bits per heavy atom. The van der Waals surface area contributed by atoms with Crippen molar-refractivity contribution >= 4 is 17.6 Å². The molecule has 110 valence electrons. The highest BCUT2D eigenvalue weighted by molar-refractivity contribution is 5.97. The lowest BCUT2D eigenvalue weighted by Crippen LogP contribution is -2.42. The van der Waals surface area contributed by atoms with Crippen molar-refractivity contribution in [1.82, 2.24) is 0 Å². The molecule has 1 aromatic carbocycles. The van der Waals surface area contributed by atoms with E-state index in [2.05, 4.69) is 4.74 Å². The number of hydrogen-bond acceptors (Lipinski definition) is 3. The SMILES string of the molecule is COC(=O)[C@H](C)N(C(C)=O)c1ccc(C(F)(F)F)cc1. The van der Waals surface area contributed by atoms with Crippen LogP contribution in [0, 0.1) is 0 Å². The average molecular weight is 289 g/mol. The third kappa shape index (κ3) is 3.49. The van der Waals surface area contributed by atoms with Crippen LogP contribution in [0.15, 0.2) is 24.3 Å². The number of anilines is 1. The van der Waals surface area contributed by atoms with Crippen LogP contribution in [-0.2, 0) is 20.5 Å². The predicted molar refractivity (Wildman–Crippen MR) is 66.1 cm³/mol. The lowest BCUT2D eigenvalue weighted by molar-refractivity contribution is -0.143. The second-order valence-corrected chi connectivity index (χ2v) is 4.13. The van der Waals surface area contributed by atoms with Crippen molar-refractivity contribution in [3.63, 3.8) is 0 Å². The summed E-state index contributed by atoms with van der Waals surface area (Å²) in [5.74, 6) is -1.12. The van der Waals surface area contributed by atoms with Gasteiger partial charge in [0.15, 0.2) is 0 Å². The van der Waals surface area contributed by atoms with Gasteiger partial charge in [-0.15, -0.1) is 0 Å². The lowest BCUT2D eigenvalue weighted by atomic mass is 10.1. The molecule has 0 aliphatic heterocycles. The van der Waals surface area contributed by atoms with Crippen LogP contribution in [-0.4, -0.2) is 25.0 Å². The van der Waals surface area contributed by atoms with Crippen LogP contribution in [0.5, 0.6) is 0 Å². The van der Waals surface area contributed by atoms with Crippen LogP contribution in [0.2, 0.25) is 0 Å². The Bertz CT molecular complexity index is 497. The molecule has 4 nitrogen and oxygen atoms in total. The van der Waals surface area contributed by atoms with E-state index in [4.69, 9.17) is 0 Å². The van der Waals surface area contributed by atoms with E-state index in [1.165, 1.54) is 21.0 Å². The first kappa shape index (κ1) is 16.0. The van der Waals surface area contributed by atoms with E-state index in [0.717, 1.165) is 29.2 Å². The molecule has 0 saturated carbocycles. The number of carbonyl (C=O) groups is 2. The monoisotopic (exact) mass is 289 g/mol. The maximum absolute atomic E-state index is 12.5. The normalized spacial score (nSPS) is 12.7. The fourth-order valence-electron chi connectivity index (χ4n) is 1.77. The first-order valence-corrected chi connectivity index (χ1v) is 5.73. The Morgan fingerprint density at radius 2 is 1.70 bits per heavy atom. The van der Waals surface area contributed by atoms with E-state index in [0.29, 0.717) is 0 Å². The Kier molecular flexibility index (Phi) is 4.75. The summed E-state index contributed by atoms with van der Waals surface area (Å²) in [6.45, 7) is 2.65. The molecule has 0 aromatic heterocycles. The zero-order chi connectivity index (χ0) is 15.5. The fourth-order valence-corrected chi connectivity index (χ4v) is 1.77. The standard InChI is InChI=1S/C13H14F3NO3/c1-8(12(19)20-3)17(9(2)18)11-6-4-10(5-7-11)13(14,15)16/h4-8H,1-3H3/t8-/m0/s1. The van der Waals surface area contributed by atoms with Crippen LogP contribution in [0.3, 0.4) is 0 Å². The van der Waals surface area contributed by atoms with Crippen molar-refractivity contribution < 1.29 is 27.5 Å². The summed E-state index contributed by atoms with van der Waals surface area (Å²) in [6.07, 6.45) is -4.45. The second-order valence-electron chi connectivity index (χ2n) is 4.13. The average Bonchev–Trinajstić information content (AvgIpc) is 2.37. The van der Waals surface area contributed by atoms with Crippen LogP contribution in [0.4, 0.5) is 18.9 Å². The molecule has 0 fully saturated rings. The third-order valence-electron chi connectivity index (χ3n) is 2.74. The molecule has 0 aliphatic carbocycles. The van der Waals surface area contributed by atoms with Gasteiger partial charge in [0.1, 0.15) is 6.04 Å². The van der Waals surface area contributed by atoms with Crippen molar-refractivity contribution in [2.24, 2.45) is 0 Å². The van der Waals surface area contributed by atoms with Gasteiger partial charge in [-0.1, -0.05) is 0 Å². The van der Waals surface area contributed by atoms with Gasteiger partial charge in [-0.3, -0.25) is 9.69 Å². The number of hydrogen-bond donors (Lipinski definition) is 0. The molecule has 7 heteroatoms. The van der Waals surface area contributed by atoms with Gasteiger partial charge in [-0.25, -0.2) is 4.79 Å². The van der Waals surface area contributed by atoms with Crippen molar-refractivity contribution in [2.75, 3.05) is 12.0 Å². The van der Waals surface area contributed by atoms with Gasteiger partial charge in [0.25, 0.3) is 0 Å². The molecule has 0 aliphatic rings. The number of rotatable bonds is 3. The number of alkyl halides is 3. The summed E-state index contributed by atoms with van der Waals surface area (Å²) in [4.78, 5) is 24.1. The van der Waals surface area contributed by atoms with Gasteiger partial charge in [0, 0.05) is 12.6 Å². The third-order valence-corrected chi connectivity index (χ3v) is 2.74. The minimum absolute atomic E-state index is 0.198. The Balaban J connectivity index is 3.11. The molecule has 1 rings (SSSR count). The maximum atomic E-state index is 12.5. The summed E-state index contributed by atoms with van der Waals surface area (Å²) in [6, 6.07) is 3.08. The molecular formula is C13H14F3NO3. The number of ether oxygens (including phenoxy) is 1. The number of nitrogens with zero attached hydrogens (tertiary/aromatic N) is 1. The van der Waals surface area contributed by atoms with Crippen LogP contribution in [0.1, 0.15) is 19.4 Å². The molecule has 0 spiro atoms. The molecule has 1 aromatic rings.